The zero-order valence-corrected chi connectivity index (χ0v) is 17.7. The van der Waals surface area contributed by atoms with E-state index in [0.717, 1.165) is 19.6 Å². The van der Waals surface area contributed by atoms with Crippen molar-refractivity contribution in [2.24, 2.45) is 0 Å². The van der Waals surface area contributed by atoms with Gasteiger partial charge in [0, 0.05) is 5.56 Å². The number of amides is 2. The van der Waals surface area contributed by atoms with Crippen LogP contribution in [0.15, 0.2) is 48.5 Å². The molecule has 1 atom stereocenters. The number of para-hydroxylation sites is 2. The van der Waals surface area contributed by atoms with E-state index in [4.69, 9.17) is 4.74 Å². The number of hydrogen-bond acceptors (Lipinski definition) is 3. The SMILES string of the molecule is CC(C)c1ccc(C[NH+]2CCN(C(=O)C[C@@H]3Oc4ccccc4NC3=O)CC2)cc1. The number of ether oxygens (including phenoxy) is 1. The highest BCUT2D eigenvalue weighted by molar-refractivity contribution is 5.99. The van der Waals surface area contributed by atoms with Crippen LogP contribution >= 0.6 is 0 Å². The highest BCUT2D eigenvalue weighted by Crippen LogP contribution is 2.29. The van der Waals surface area contributed by atoms with Crippen molar-refractivity contribution in [3.05, 3.63) is 59.7 Å². The first kappa shape index (κ1) is 20.4. The summed E-state index contributed by atoms with van der Waals surface area (Å²) in [6, 6.07) is 16.2. The lowest BCUT2D eigenvalue weighted by Gasteiger charge is -2.33. The molecular formula is C24H30N3O3+. The Balaban J connectivity index is 1.27. The molecule has 2 aliphatic heterocycles. The van der Waals surface area contributed by atoms with E-state index in [1.54, 1.807) is 6.07 Å². The van der Waals surface area contributed by atoms with Gasteiger partial charge in [0.15, 0.2) is 6.10 Å². The van der Waals surface area contributed by atoms with Crippen molar-refractivity contribution < 1.29 is 19.2 Å². The van der Waals surface area contributed by atoms with Crippen LogP contribution < -0.4 is 15.0 Å². The molecule has 2 aliphatic rings. The Kier molecular flexibility index (Phi) is 6.04. The minimum Gasteiger partial charge on any atom is -0.478 e. The van der Waals surface area contributed by atoms with Gasteiger partial charge in [0.1, 0.15) is 12.3 Å². The van der Waals surface area contributed by atoms with Crippen molar-refractivity contribution in [2.45, 2.75) is 38.8 Å². The summed E-state index contributed by atoms with van der Waals surface area (Å²) in [6.45, 7) is 8.64. The predicted molar refractivity (Wildman–Crippen MR) is 116 cm³/mol. The lowest BCUT2D eigenvalue weighted by atomic mass is 10.0. The maximum atomic E-state index is 12.7. The zero-order chi connectivity index (χ0) is 21.1. The van der Waals surface area contributed by atoms with Crippen LogP contribution in [0.3, 0.4) is 0 Å². The normalized spacial score (nSPS) is 19.2. The van der Waals surface area contributed by atoms with E-state index in [2.05, 4.69) is 43.4 Å². The number of anilines is 1. The Bertz CT molecular complexity index is 902. The smallest absolute Gasteiger partial charge is 0.266 e. The van der Waals surface area contributed by atoms with Gasteiger partial charge in [0.25, 0.3) is 5.91 Å². The summed E-state index contributed by atoms with van der Waals surface area (Å²) in [4.78, 5) is 28.4. The maximum absolute atomic E-state index is 12.7. The van der Waals surface area contributed by atoms with Gasteiger partial charge in [-0.25, -0.2) is 0 Å². The van der Waals surface area contributed by atoms with Crippen LogP contribution in [0.5, 0.6) is 5.75 Å². The van der Waals surface area contributed by atoms with Gasteiger partial charge in [-0.2, -0.15) is 0 Å². The highest BCUT2D eigenvalue weighted by Gasteiger charge is 2.32. The van der Waals surface area contributed by atoms with Crippen LogP contribution in [-0.4, -0.2) is 49.0 Å². The second-order valence-corrected chi connectivity index (χ2v) is 8.50. The number of nitrogens with one attached hydrogen (secondary N) is 2. The van der Waals surface area contributed by atoms with Crippen molar-refractivity contribution in [3.8, 4) is 5.75 Å². The summed E-state index contributed by atoms with van der Waals surface area (Å²) < 4.78 is 5.77. The lowest BCUT2D eigenvalue weighted by Crippen LogP contribution is -3.13. The second kappa shape index (κ2) is 8.88. The summed E-state index contributed by atoms with van der Waals surface area (Å²) in [5.74, 6) is 0.892. The zero-order valence-electron chi connectivity index (χ0n) is 17.7. The molecule has 2 amide bonds. The molecule has 0 saturated carbocycles. The molecule has 0 radical (unpaired) electrons. The van der Waals surface area contributed by atoms with Crippen molar-refractivity contribution in [1.29, 1.82) is 0 Å². The molecule has 2 aromatic rings. The van der Waals surface area contributed by atoms with E-state index in [-0.39, 0.29) is 18.2 Å². The van der Waals surface area contributed by atoms with Gasteiger partial charge in [-0.05, 0) is 23.6 Å². The van der Waals surface area contributed by atoms with Crippen LogP contribution in [0.4, 0.5) is 5.69 Å². The largest absolute Gasteiger partial charge is 0.478 e. The molecule has 0 bridgehead atoms. The molecule has 0 spiro atoms. The minimum atomic E-state index is -0.766. The number of hydrogen-bond donors (Lipinski definition) is 2. The van der Waals surface area contributed by atoms with E-state index in [0.29, 0.717) is 30.4 Å². The third-order valence-corrected chi connectivity index (χ3v) is 5.99. The van der Waals surface area contributed by atoms with Crippen molar-refractivity contribution in [3.63, 3.8) is 0 Å². The number of benzene rings is 2. The van der Waals surface area contributed by atoms with Gasteiger partial charge in [0.2, 0.25) is 5.91 Å². The molecular weight excluding hydrogens is 378 g/mol. The lowest BCUT2D eigenvalue weighted by molar-refractivity contribution is -0.917. The Morgan fingerprint density at radius 3 is 2.53 bits per heavy atom. The first-order chi connectivity index (χ1) is 14.5. The van der Waals surface area contributed by atoms with Crippen LogP contribution in [-0.2, 0) is 16.1 Å². The molecule has 1 fully saturated rings. The number of carbonyl (C=O) groups excluding carboxylic acids is 2. The van der Waals surface area contributed by atoms with Crippen LogP contribution in [0.25, 0.3) is 0 Å². The van der Waals surface area contributed by atoms with E-state index in [1.165, 1.54) is 16.0 Å². The number of carbonyl (C=O) groups is 2. The first-order valence-corrected chi connectivity index (χ1v) is 10.8. The number of fused-ring (bicyclic) bond motifs is 1. The molecule has 6 nitrogen and oxygen atoms in total. The van der Waals surface area contributed by atoms with Gasteiger partial charge in [-0.3, -0.25) is 9.59 Å². The van der Waals surface area contributed by atoms with Gasteiger partial charge in [-0.15, -0.1) is 0 Å². The van der Waals surface area contributed by atoms with E-state index < -0.39 is 6.10 Å². The molecule has 158 valence electrons. The molecule has 0 aromatic heterocycles. The number of nitrogens with zero attached hydrogens (tertiary/aromatic N) is 1. The van der Waals surface area contributed by atoms with Crippen LogP contribution in [0, 0.1) is 0 Å². The second-order valence-electron chi connectivity index (χ2n) is 8.50. The molecule has 30 heavy (non-hydrogen) atoms. The fourth-order valence-electron chi connectivity index (χ4n) is 4.07. The van der Waals surface area contributed by atoms with Crippen LogP contribution in [0.1, 0.15) is 37.3 Å². The van der Waals surface area contributed by atoms with Crippen molar-refractivity contribution in [1.82, 2.24) is 4.90 Å². The van der Waals surface area contributed by atoms with Gasteiger partial charge < -0.3 is 19.9 Å². The standard InChI is InChI=1S/C24H29N3O3/c1-17(2)19-9-7-18(8-10-19)16-26-11-13-27(14-12-26)23(28)15-22-24(29)25-20-5-3-4-6-21(20)30-22/h3-10,17,22H,11-16H2,1-2H3,(H,25,29)/p+1/t22-/m0/s1. The monoisotopic (exact) mass is 408 g/mol. The Hall–Kier alpha value is -2.86. The number of rotatable bonds is 5. The molecule has 2 aromatic carbocycles. The van der Waals surface area contributed by atoms with Gasteiger partial charge in [-0.1, -0.05) is 50.2 Å². The van der Waals surface area contributed by atoms with E-state index >= 15 is 0 Å². The number of quaternary nitrogens is 1. The van der Waals surface area contributed by atoms with Crippen molar-refractivity contribution in [2.75, 3.05) is 31.5 Å². The third kappa shape index (κ3) is 4.65. The van der Waals surface area contributed by atoms with Crippen LogP contribution in [0.2, 0.25) is 0 Å². The predicted octanol–water partition coefficient (Wildman–Crippen LogP) is 1.83. The highest BCUT2D eigenvalue weighted by atomic mass is 16.5. The molecule has 0 aliphatic carbocycles. The van der Waals surface area contributed by atoms with E-state index in [9.17, 15) is 9.59 Å². The maximum Gasteiger partial charge on any atom is 0.266 e. The fourth-order valence-corrected chi connectivity index (χ4v) is 4.07. The first-order valence-electron chi connectivity index (χ1n) is 10.8. The fraction of sp³-hybridized carbons (Fsp3) is 0.417. The average molecular weight is 409 g/mol. The minimum absolute atomic E-state index is 0.0186. The molecule has 1 saturated heterocycles. The van der Waals surface area contributed by atoms with Crippen molar-refractivity contribution >= 4 is 17.5 Å². The summed E-state index contributed by atoms with van der Waals surface area (Å²) in [5.41, 5.74) is 3.35. The quantitative estimate of drug-likeness (QED) is 0.794. The Labute approximate surface area is 177 Å². The molecule has 6 heteroatoms. The van der Waals surface area contributed by atoms with Gasteiger partial charge in [0.05, 0.1) is 38.3 Å². The topological polar surface area (TPSA) is 63.1 Å². The Morgan fingerprint density at radius 1 is 1.13 bits per heavy atom. The number of piperazine rings is 1. The summed E-state index contributed by atoms with van der Waals surface area (Å²) in [7, 11) is 0. The average Bonchev–Trinajstić information content (AvgIpc) is 2.75. The molecule has 0 unspecified atom stereocenters. The molecule has 4 rings (SSSR count). The van der Waals surface area contributed by atoms with E-state index in [1.807, 2.05) is 23.1 Å². The summed E-state index contributed by atoms with van der Waals surface area (Å²) in [6.07, 6.45) is -0.691. The Morgan fingerprint density at radius 2 is 1.83 bits per heavy atom. The molecule has 2 N–H and O–H groups in total. The summed E-state index contributed by atoms with van der Waals surface area (Å²) >= 11 is 0. The summed E-state index contributed by atoms with van der Waals surface area (Å²) in [5, 5.41) is 2.82. The third-order valence-electron chi connectivity index (χ3n) is 5.99. The molecule has 2 heterocycles. The van der Waals surface area contributed by atoms with Gasteiger partial charge >= 0.3 is 0 Å².